The Balaban J connectivity index is 2.64. The minimum absolute atomic E-state index is 0.0768. The standard InChI is InChI=1S/C9H8O3/c10-8-2-1-6-5-12-4-3-7(6)9(8)11/h1-4,10-11H,5H2. The number of phenols is 2. The molecule has 2 rings (SSSR count). The maximum atomic E-state index is 9.39. The Bertz CT molecular complexity index is 342. The van der Waals surface area contributed by atoms with Gasteiger partial charge in [0.15, 0.2) is 11.5 Å². The van der Waals surface area contributed by atoms with E-state index < -0.39 is 0 Å². The largest absolute Gasteiger partial charge is 0.504 e. The number of aromatic hydroxyl groups is 2. The molecule has 0 unspecified atom stereocenters. The first kappa shape index (κ1) is 7.03. The van der Waals surface area contributed by atoms with Crippen molar-refractivity contribution in [2.75, 3.05) is 0 Å². The molecule has 0 atom stereocenters. The van der Waals surface area contributed by atoms with Crippen molar-refractivity contribution in [3.8, 4) is 11.5 Å². The summed E-state index contributed by atoms with van der Waals surface area (Å²) in [6.07, 6.45) is 3.13. The Morgan fingerprint density at radius 2 is 2.08 bits per heavy atom. The third-order valence-corrected chi connectivity index (χ3v) is 1.86. The summed E-state index contributed by atoms with van der Waals surface area (Å²) in [5, 5.41) is 18.5. The highest BCUT2D eigenvalue weighted by atomic mass is 16.5. The molecule has 0 spiro atoms. The number of fused-ring (bicyclic) bond motifs is 1. The van der Waals surface area contributed by atoms with Gasteiger partial charge in [-0.2, -0.15) is 0 Å². The SMILES string of the molecule is Oc1ccc2c(c1O)C=COC2. The van der Waals surface area contributed by atoms with E-state index in [1.54, 1.807) is 12.1 Å². The summed E-state index contributed by atoms with van der Waals surface area (Å²) >= 11 is 0. The molecule has 0 saturated heterocycles. The maximum Gasteiger partial charge on any atom is 0.165 e. The summed E-state index contributed by atoms with van der Waals surface area (Å²) in [6, 6.07) is 3.19. The molecule has 2 N–H and O–H groups in total. The molecule has 0 aromatic heterocycles. The lowest BCUT2D eigenvalue weighted by atomic mass is 10.1. The Kier molecular flexibility index (Phi) is 1.43. The number of benzene rings is 1. The van der Waals surface area contributed by atoms with Crippen molar-refractivity contribution in [2.45, 2.75) is 6.61 Å². The molecule has 0 radical (unpaired) electrons. The quantitative estimate of drug-likeness (QED) is 0.572. The number of hydrogen-bond donors (Lipinski definition) is 2. The first-order chi connectivity index (χ1) is 5.79. The minimum atomic E-state index is -0.0969. The van der Waals surface area contributed by atoms with Crippen molar-refractivity contribution in [2.24, 2.45) is 0 Å². The van der Waals surface area contributed by atoms with Gasteiger partial charge in [0.1, 0.15) is 6.61 Å². The molecule has 0 amide bonds. The number of phenolic OH excluding ortho intramolecular Hbond substituents is 2. The fourth-order valence-corrected chi connectivity index (χ4v) is 1.20. The van der Waals surface area contributed by atoms with Crippen LogP contribution in [0.2, 0.25) is 0 Å². The normalized spacial score (nSPS) is 13.7. The van der Waals surface area contributed by atoms with E-state index in [4.69, 9.17) is 9.84 Å². The topological polar surface area (TPSA) is 49.7 Å². The van der Waals surface area contributed by atoms with Gasteiger partial charge in [-0.15, -0.1) is 0 Å². The van der Waals surface area contributed by atoms with Crippen molar-refractivity contribution >= 4 is 6.08 Å². The van der Waals surface area contributed by atoms with Crippen molar-refractivity contribution < 1.29 is 14.9 Å². The van der Waals surface area contributed by atoms with Crippen LogP contribution in [-0.4, -0.2) is 10.2 Å². The van der Waals surface area contributed by atoms with Gasteiger partial charge in [0, 0.05) is 11.1 Å². The summed E-state index contributed by atoms with van der Waals surface area (Å²) in [5.41, 5.74) is 1.52. The molecule has 1 aromatic carbocycles. The van der Waals surface area contributed by atoms with Gasteiger partial charge in [0.25, 0.3) is 0 Å². The number of rotatable bonds is 0. The highest BCUT2D eigenvalue weighted by Crippen LogP contribution is 2.34. The van der Waals surface area contributed by atoms with Crippen molar-refractivity contribution in [1.29, 1.82) is 0 Å². The van der Waals surface area contributed by atoms with E-state index in [0.29, 0.717) is 12.2 Å². The maximum absolute atomic E-state index is 9.39. The van der Waals surface area contributed by atoms with E-state index in [9.17, 15) is 5.11 Å². The van der Waals surface area contributed by atoms with E-state index in [0.717, 1.165) is 5.56 Å². The molecule has 0 bridgehead atoms. The van der Waals surface area contributed by atoms with Crippen LogP contribution >= 0.6 is 0 Å². The molecule has 12 heavy (non-hydrogen) atoms. The van der Waals surface area contributed by atoms with Crippen LogP contribution in [0.15, 0.2) is 18.4 Å². The zero-order chi connectivity index (χ0) is 8.55. The van der Waals surface area contributed by atoms with Gasteiger partial charge in [0.2, 0.25) is 0 Å². The van der Waals surface area contributed by atoms with Crippen LogP contribution in [0.3, 0.4) is 0 Å². The van der Waals surface area contributed by atoms with Gasteiger partial charge in [-0.3, -0.25) is 0 Å². The molecular formula is C9H8O3. The van der Waals surface area contributed by atoms with Crippen LogP contribution in [0.25, 0.3) is 6.08 Å². The summed E-state index contributed by atoms with van der Waals surface area (Å²) in [7, 11) is 0. The van der Waals surface area contributed by atoms with Gasteiger partial charge in [0.05, 0.1) is 6.26 Å². The van der Waals surface area contributed by atoms with Crippen molar-refractivity contribution in [3.05, 3.63) is 29.5 Å². The fraction of sp³-hybridized carbons (Fsp3) is 0.111. The third kappa shape index (κ3) is 0.906. The molecule has 0 fully saturated rings. The molecule has 0 aliphatic carbocycles. The second-order valence-corrected chi connectivity index (χ2v) is 2.62. The molecule has 1 aromatic rings. The molecule has 0 saturated carbocycles. The van der Waals surface area contributed by atoms with E-state index in [1.807, 2.05) is 0 Å². The molecule has 3 heteroatoms. The molecule has 1 heterocycles. The second-order valence-electron chi connectivity index (χ2n) is 2.62. The predicted molar refractivity (Wildman–Crippen MR) is 43.6 cm³/mol. The first-order valence-corrected chi connectivity index (χ1v) is 3.61. The zero-order valence-electron chi connectivity index (χ0n) is 6.32. The smallest absolute Gasteiger partial charge is 0.165 e. The molecule has 3 nitrogen and oxygen atoms in total. The fourth-order valence-electron chi connectivity index (χ4n) is 1.20. The summed E-state index contributed by atoms with van der Waals surface area (Å²) < 4.78 is 5.02. The van der Waals surface area contributed by atoms with Crippen LogP contribution in [0.1, 0.15) is 11.1 Å². The van der Waals surface area contributed by atoms with Crippen molar-refractivity contribution in [3.63, 3.8) is 0 Å². The van der Waals surface area contributed by atoms with E-state index >= 15 is 0 Å². The van der Waals surface area contributed by atoms with Crippen LogP contribution in [0.5, 0.6) is 11.5 Å². The third-order valence-electron chi connectivity index (χ3n) is 1.86. The van der Waals surface area contributed by atoms with Gasteiger partial charge in [-0.05, 0) is 12.1 Å². The average molecular weight is 164 g/mol. The van der Waals surface area contributed by atoms with E-state index in [1.165, 1.54) is 12.3 Å². The highest BCUT2D eigenvalue weighted by Gasteiger charge is 2.12. The molecular weight excluding hydrogens is 156 g/mol. The molecule has 1 aliphatic rings. The lowest BCUT2D eigenvalue weighted by Crippen LogP contribution is -1.96. The summed E-state index contributed by atoms with van der Waals surface area (Å²) in [5.74, 6) is -0.174. The first-order valence-electron chi connectivity index (χ1n) is 3.61. The Morgan fingerprint density at radius 3 is 2.92 bits per heavy atom. The van der Waals surface area contributed by atoms with Gasteiger partial charge >= 0.3 is 0 Å². The van der Waals surface area contributed by atoms with Crippen LogP contribution in [0.4, 0.5) is 0 Å². The molecule has 1 aliphatic heterocycles. The van der Waals surface area contributed by atoms with E-state index in [-0.39, 0.29) is 11.5 Å². The predicted octanol–water partition coefficient (Wildman–Crippen LogP) is 1.60. The van der Waals surface area contributed by atoms with Gasteiger partial charge in [-0.1, -0.05) is 6.07 Å². The second kappa shape index (κ2) is 2.44. The number of hydrogen-bond acceptors (Lipinski definition) is 3. The summed E-state index contributed by atoms with van der Waals surface area (Å²) in [6.45, 7) is 0.444. The zero-order valence-corrected chi connectivity index (χ0v) is 6.32. The van der Waals surface area contributed by atoms with Crippen molar-refractivity contribution in [1.82, 2.24) is 0 Å². The van der Waals surface area contributed by atoms with Crippen LogP contribution < -0.4 is 0 Å². The Morgan fingerprint density at radius 1 is 1.25 bits per heavy atom. The highest BCUT2D eigenvalue weighted by molar-refractivity contribution is 5.65. The Labute approximate surface area is 69.5 Å². The number of ether oxygens (including phenoxy) is 1. The minimum Gasteiger partial charge on any atom is -0.504 e. The monoisotopic (exact) mass is 164 g/mol. The van der Waals surface area contributed by atoms with Gasteiger partial charge in [-0.25, -0.2) is 0 Å². The summed E-state index contributed by atoms with van der Waals surface area (Å²) in [4.78, 5) is 0. The van der Waals surface area contributed by atoms with Crippen LogP contribution in [0, 0.1) is 0 Å². The van der Waals surface area contributed by atoms with Gasteiger partial charge < -0.3 is 14.9 Å². The Hall–Kier alpha value is -1.64. The average Bonchev–Trinajstić information content (AvgIpc) is 2.12. The van der Waals surface area contributed by atoms with Crippen LogP contribution in [-0.2, 0) is 11.3 Å². The van der Waals surface area contributed by atoms with E-state index in [2.05, 4.69) is 0 Å². The lowest BCUT2D eigenvalue weighted by molar-refractivity contribution is 0.233. The lowest BCUT2D eigenvalue weighted by Gasteiger charge is -2.12. The molecule has 62 valence electrons.